The summed E-state index contributed by atoms with van der Waals surface area (Å²) >= 11 is 3.19. The Bertz CT molecular complexity index is 440. The van der Waals surface area contributed by atoms with Crippen LogP contribution in [0.3, 0.4) is 0 Å². The molecule has 1 rings (SSSR count). The normalized spacial score (nSPS) is 12.9. The van der Waals surface area contributed by atoms with Gasteiger partial charge in [0.15, 0.2) is 0 Å². The van der Waals surface area contributed by atoms with E-state index in [4.69, 9.17) is 10.5 Å². The van der Waals surface area contributed by atoms with E-state index in [0.29, 0.717) is 10.0 Å². The van der Waals surface area contributed by atoms with Crippen molar-refractivity contribution < 1.29 is 13.9 Å². The number of nitrogens with two attached hydrogens (primary N) is 1. The van der Waals surface area contributed by atoms with Crippen LogP contribution >= 0.6 is 15.9 Å². The molecule has 0 spiro atoms. The highest BCUT2D eigenvalue weighted by Crippen LogP contribution is 2.19. The predicted molar refractivity (Wildman–Crippen MR) is 75.3 cm³/mol. The van der Waals surface area contributed by atoms with Crippen LogP contribution in [-0.2, 0) is 4.74 Å². The van der Waals surface area contributed by atoms with Crippen molar-refractivity contribution in [3.05, 3.63) is 34.1 Å². The number of benzene rings is 1. The Morgan fingerprint density at radius 2 is 2.11 bits per heavy atom. The highest BCUT2D eigenvalue weighted by atomic mass is 79.9. The van der Waals surface area contributed by atoms with E-state index in [1.807, 2.05) is 0 Å². The maximum absolute atomic E-state index is 13.2. The van der Waals surface area contributed by atoms with Crippen molar-refractivity contribution in [1.29, 1.82) is 0 Å². The van der Waals surface area contributed by atoms with Crippen molar-refractivity contribution in [3.63, 3.8) is 0 Å². The fourth-order valence-electron chi connectivity index (χ4n) is 1.41. The van der Waals surface area contributed by atoms with Crippen LogP contribution in [0.25, 0.3) is 0 Å². The lowest BCUT2D eigenvalue weighted by atomic mass is 10.1. The van der Waals surface area contributed by atoms with Gasteiger partial charge in [-0.1, -0.05) is 15.9 Å². The predicted octanol–water partition coefficient (Wildman–Crippen LogP) is 3.11. The molecule has 0 fully saturated rings. The van der Waals surface area contributed by atoms with Crippen molar-refractivity contribution in [3.8, 4) is 0 Å². The van der Waals surface area contributed by atoms with Gasteiger partial charge in [-0.05, 0) is 44.5 Å². The molecule has 0 radical (unpaired) electrons. The second-order valence-electron chi connectivity index (χ2n) is 5.19. The number of carbonyl (C=O) groups is 1. The fraction of sp³-hybridized carbons (Fsp3) is 0.462. The summed E-state index contributed by atoms with van der Waals surface area (Å²) in [6.07, 6.45) is -0.543. The number of nitrogens with one attached hydrogen (secondary N) is 1. The maximum Gasteiger partial charge on any atom is 0.407 e. The van der Waals surface area contributed by atoms with Gasteiger partial charge < -0.3 is 15.8 Å². The van der Waals surface area contributed by atoms with E-state index in [-0.39, 0.29) is 12.4 Å². The van der Waals surface area contributed by atoms with Gasteiger partial charge in [0.05, 0.1) is 0 Å². The van der Waals surface area contributed by atoms with E-state index in [2.05, 4.69) is 21.2 Å². The van der Waals surface area contributed by atoms with Crippen LogP contribution in [0.2, 0.25) is 0 Å². The van der Waals surface area contributed by atoms with Crippen molar-refractivity contribution in [2.24, 2.45) is 5.73 Å². The highest BCUT2D eigenvalue weighted by Gasteiger charge is 2.17. The van der Waals surface area contributed by atoms with E-state index in [9.17, 15) is 9.18 Å². The second kappa shape index (κ2) is 6.34. The molecule has 1 amide bonds. The Morgan fingerprint density at radius 3 is 2.63 bits per heavy atom. The van der Waals surface area contributed by atoms with E-state index in [1.165, 1.54) is 12.1 Å². The molecule has 0 saturated heterocycles. The first kappa shape index (κ1) is 15.9. The van der Waals surface area contributed by atoms with Gasteiger partial charge in [0.2, 0.25) is 0 Å². The number of alkyl carbamates (subject to hydrolysis) is 1. The van der Waals surface area contributed by atoms with Gasteiger partial charge in [-0.2, -0.15) is 0 Å². The van der Waals surface area contributed by atoms with E-state index < -0.39 is 17.7 Å². The molecule has 0 aliphatic rings. The topological polar surface area (TPSA) is 64.3 Å². The maximum atomic E-state index is 13.2. The zero-order valence-electron chi connectivity index (χ0n) is 11.2. The monoisotopic (exact) mass is 332 g/mol. The molecule has 4 nitrogen and oxygen atoms in total. The van der Waals surface area contributed by atoms with Crippen LogP contribution in [0.4, 0.5) is 9.18 Å². The average Bonchev–Trinajstić information content (AvgIpc) is 2.22. The average molecular weight is 333 g/mol. The van der Waals surface area contributed by atoms with E-state index in [0.717, 1.165) is 0 Å². The summed E-state index contributed by atoms with van der Waals surface area (Å²) in [4.78, 5) is 11.5. The molecule has 0 saturated carbocycles. The molecule has 0 heterocycles. The van der Waals surface area contributed by atoms with E-state index in [1.54, 1.807) is 26.8 Å². The standard InChI is InChI=1S/C13H18BrFN2O2/c1-13(2,3)19-12(18)17-7-11(16)8-4-9(14)6-10(15)5-8/h4-6,11H,7,16H2,1-3H3,(H,17,18). The van der Waals surface area contributed by atoms with Crippen molar-refractivity contribution >= 4 is 22.0 Å². The molecule has 6 heteroatoms. The van der Waals surface area contributed by atoms with Crippen molar-refractivity contribution in [1.82, 2.24) is 5.32 Å². The Morgan fingerprint density at radius 1 is 1.47 bits per heavy atom. The SMILES string of the molecule is CC(C)(C)OC(=O)NCC(N)c1cc(F)cc(Br)c1. The molecule has 0 aliphatic carbocycles. The summed E-state index contributed by atoms with van der Waals surface area (Å²) in [7, 11) is 0. The fourth-order valence-corrected chi connectivity index (χ4v) is 1.90. The summed E-state index contributed by atoms with van der Waals surface area (Å²) in [6, 6.07) is 3.90. The third kappa shape index (κ3) is 6.02. The first-order chi connectivity index (χ1) is 8.67. The van der Waals surface area contributed by atoms with Crippen LogP contribution < -0.4 is 11.1 Å². The number of halogens is 2. The quantitative estimate of drug-likeness (QED) is 0.893. The molecule has 1 unspecified atom stereocenters. The Balaban J connectivity index is 2.56. The van der Waals surface area contributed by atoms with Crippen LogP contribution in [0.15, 0.2) is 22.7 Å². The van der Waals surface area contributed by atoms with Gasteiger partial charge >= 0.3 is 6.09 Å². The van der Waals surface area contributed by atoms with E-state index >= 15 is 0 Å². The van der Waals surface area contributed by atoms with Crippen LogP contribution in [-0.4, -0.2) is 18.2 Å². The number of ether oxygens (including phenoxy) is 1. The number of hydrogen-bond acceptors (Lipinski definition) is 3. The lowest BCUT2D eigenvalue weighted by molar-refractivity contribution is 0.0524. The lowest BCUT2D eigenvalue weighted by Crippen LogP contribution is -2.36. The van der Waals surface area contributed by atoms with Gasteiger partial charge in [0.25, 0.3) is 0 Å². The second-order valence-corrected chi connectivity index (χ2v) is 6.11. The molecule has 0 aliphatic heterocycles. The minimum atomic E-state index is -0.559. The molecule has 1 aromatic rings. The molecule has 1 atom stereocenters. The molecule has 19 heavy (non-hydrogen) atoms. The first-order valence-electron chi connectivity index (χ1n) is 5.86. The third-order valence-electron chi connectivity index (χ3n) is 2.18. The molecular formula is C13H18BrFN2O2. The Labute approximate surface area is 120 Å². The largest absolute Gasteiger partial charge is 0.444 e. The first-order valence-corrected chi connectivity index (χ1v) is 6.65. The lowest BCUT2D eigenvalue weighted by Gasteiger charge is -2.21. The van der Waals surface area contributed by atoms with Gasteiger partial charge in [0, 0.05) is 17.1 Å². The summed E-state index contributed by atoms with van der Waals surface area (Å²) in [6.45, 7) is 5.49. The highest BCUT2D eigenvalue weighted by molar-refractivity contribution is 9.10. The van der Waals surface area contributed by atoms with Crippen LogP contribution in [0.1, 0.15) is 32.4 Å². The van der Waals surface area contributed by atoms with Gasteiger partial charge in [-0.25, -0.2) is 9.18 Å². The minimum absolute atomic E-state index is 0.171. The Kier molecular flexibility index (Phi) is 5.31. The summed E-state index contributed by atoms with van der Waals surface area (Å²) in [5.74, 6) is -0.378. The van der Waals surface area contributed by atoms with Crippen molar-refractivity contribution in [2.45, 2.75) is 32.4 Å². The van der Waals surface area contributed by atoms with Crippen molar-refractivity contribution in [2.75, 3.05) is 6.54 Å². The summed E-state index contributed by atoms with van der Waals surface area (Å²) in [5.41, 5.74) is 5.93. The smallest absolute Gasteiger partial charge is 0.407 e. The number of rotatable bonds is 3. The van der Waals surface area contributed by atoms with Crippen LogP contribution in [0, 0.1) is 5.82 Å². The molecule has 106 valence electrons. The zero-order valence-corrected chi connectivity index (χ0v) is 12.8. The summed E-state index contributed by atoms with van der Waals surface area (Å²) in [5, 5.41) is 2.55. The minimum Gasteiger partial charge on any atom is -0.444 e. The van der Waals surface area contributed by atoms with Gasteiger partial charge in [0.1, 0.15) is 11.4 Å². The molecule has 0 aromatic heterocycles. The zero-order chi connectivity index (χ0) is 14.6. The Hall–Kier alpha value is -1.14. The number of carbonyl (C=O) groups excluding carboxylic acids is 1. The molecule has 0 bridgehead atoms. The summed E-state index contributed by atoms with van der Waals surface area (Å²) < 4.78 is 18.9. The van der Waals surface area contributed by atoms with Crippen LogP contribution in [0.5, 0.6) is 0 Å². The van der Waals surface area contributed by atoms with Gasteiger partial charge in [-0.3, -0.25) is 0 Å². The number of amides is 1. The molecule has 1 aromatic carbocycles. The van der Waals surface area contributed by atoms with Gasteiger partial charge in [-0.15, -0.1) is 0 Å². The molecular weight excluding hydrogens is 315 g/mol. The molecule has 3 N–H and O–H groups in total. The third-order valence-corrected chi connectivity index (χ3v) is 2.64. The number of hydrogen-bond donors (Lipinski definition) is 2.